The third-order valence-electron chi connectivity index (χ3n) is 5.43. The summed E-state index contributed by atoms with van der Waals surface area (Å²) in [5, 5.41) is 4.26. The van der Waals surface area contributed by atoms with E-state index < -0.39 is 0 Å². The third-order valence-corrected chi connectivity index (χ3v) is 5.43. The first-order valence-corrected chi connectivity index (χ1v) is 10.5. The highest BCUT2D eigenvalue weighted by molar-refractivity contribution is 6.01. The Morgan fingerprint density at radius 3 is 2.30 bits per heavy atom. The van der Waals surface area contributed by atoms with Crippen LogP contribution >= 0.6 is 0 Å². The zero-order valence-electron chi connectivity index (χ0n) is 18.7. The number of hydrogen-bond acceptors (Lipinski definition) is 3. The van der Waals surface area contributed by atoms with Crippen LogP contribution in [0.3, 0.4) is 0 Å². The number of nitrogens with zero attached hydrogens (tertiary/aromatic N) is 2. The molecule has 0 aliphatic heterocycles. The highest BCUT2D eigenvalue weighted by Gasteiger charge is 2.17. The number of oxime groups is 1. The summed E-state index contributed by atoms with van der Waals surface area (Å²) < 4.78 is 34.3. The zero-order valence-corrected chi connectivity index (χ0v) is 18.7. The topological polar surface area (TPSA) is 35.8 Å². The quantitative estimate of drug-likeness (QED) is 0.234. The van der Waals surface area contributed by atoms with Gasteiger partial charge in [-0.3, -0.25) is 0 Å². The molecule has 1 aromatic heterocycles. The largest absolute Gasteiger partial charge is 0.497 e. The van der Waals surface area contributed by atoms with Crippen molar-refractivity contribution in [2.75, 3.05) is 7.11 Å². The highest BCUT2D eigenvalue weighted by atomic mass is 19.1. The molecule has 0 atom stereocenters. The molecule has 6 heteroatoms. The lowest BCUT2D eigenvalue weighted by atomic mass is 10.1. The molecule has 1 heterocycles. The third kappa shape index (κ3) is 4.95. The lowest BCUT2D eigenvalue weighted by Gasteiger charge is -2.13. The maximum Gasteiger partial charge on any atom is 0.142 e. The summed E-state index contributed by atoms with van der Waals surface area (Å²) in [6.45, 7) is 4.02. The number of halogens is 2. The molecule has 0 saturated carbocycles. The van der Waals surface area contributed by atoms with Gasteiger partial charge in [-0.25, -0.2) is 8.78 Å². The molecule has 33 heavy (non-hydrogen) atoms. The smallest absolute Gasteiger partial charge is 0.142 e. The van der Waals surface area contributed by atoms with Crippen molar-refractivity contribution in [1.82, 2.24) is 4.57 Å². The van der Waals surface area contributed by atoms with Gasteiger partial charge >= 0.3 is 0 Å². The predicted octanol–water partition coefficient (Wildman–Crippen LogP) is 6.68. The van der Waals surface area contributed by atoms with Crippen LogP contribution in [0.4, 0.5) is 8.78 Å². The Kier molecular flexibility index (Phi) is 6.54. The Balaban J connectivity index is 1.71. The van der Waals surface area contributed by atoms with Gasteiger partial charge in [-0.2, -0.15) is 0 Å². The second-order valence-corrected chi connectivity index (χ2v) is 7.65. The van der Waals surface area contributed by atoms with Crippen LogP contribution in [0.15, 0.2) is 84.0 Å². The molecule has 0 radical (unpaired) electrons. The van der Waals surface area contributed by atoms with Crippen LogP contribution in [0.25, 0.3) is 16.9 Å². The Bertz CT molecular complexity index is 1280. The molecule has 168 valence electrons. The minimum atomic E-state index is -0.312. The molecule has 0 aliphatic rings. The second kappa shape index (κ2) is 9.69. The molecular weight excluding hydrogens is 422 g/mol. The Morgan fingerprint density at radius 1 is 0.909 bits per heavy atom. The van der Waals surface area contributed by atoms with Crippen LogP contribution in [-0.2, 0) is 11.4 Å². The molecule has 0 saturated heterocycles. The first-order valence-electron chi connectivity index (χ1n) is 10.5. The lowest BCUT2D eigenvalue weighted by Crippen LogP contribution is -2.02. The molecule has 0 aliphatic carbocycles. The maximum atomic E-state index is 13.5. The van der Waals surface area contributed by atoms with E-state index in [2.05, 4.69) is 9.72 Å². The fraction of sp³-hybridized carbons (Fsp3) is 0.148. The highest BCUT2D eigenvalue weighted by Crippen LogP contribution is 2.31. The first kappa shape index (κ1) is 22.3. The Morgan fingerprint density at radius 2 is 1.64 bits per heavy atom. The van der Waals surface area contributed by atoms with Crippen LogP contribution in [0.2, 0.25) is 0 Å². The van der Waals surface area contributed by atoms with Crippen molar-refractivity contribution in [2.24, 2.45) is 5.16 Å². The average Bonchev–Trinajstić information content (AvgIpc) is 3.16. The van der Waals surface area contributed by atoms with Crippen LogP contribution in [0.5, 0.6) is 5.75 Å². The van der Waals surface area contributed by atoms with E-state index in [-0.39, 0.29) is 18.2 Å². The summed E-state index contributed by atoms with van der Waals surface area (Å²) in [5.41, 5.74) is 5.93. The summed E-state index contributed by atoms with van der Waals surface area (Å²) in [6.07, 6.45) is 0. The fourth-order valence-electron chi connectivity index (χ4n) is 3.75. The van der Waals surface area contributed by atoms with Crippen LogP contribution in [0.1, 0.15) is 23.7 Å². The number of aromatic nitrogens is 1. The Labute approximate surface area is 191 Å². The number of benzene rings is 3. The summed E-state index contributed by atoms with van der Waals surface area (Å²) in [5.74, 6) is 0.158. The molecule has 4 rings (SSSR count). The summed E-state index contributed by atoms with van der Waals surface area (Å²) in [6, 6.07) is 22.4. The van der Waals surface area contributed by atoms with Crippen LogP contribution in [-0.4, -0.2) is 17.4 Å². The van der Waals surface area contributed by atoms with Crippen molar-refractivity contribution in [3.63, 3.8) is 0 Å². The molecule has 0 bridgehead atoms. The Hall–Kier alpha value is -3.93. The monoisotopic (exact) mass is 446 g/mol. The summed E-state index contributed by atoms with van der Waals surface area (Å²) >= 11 is 0. The van der Waals surface area contributed by atoms with E-state index in [9.17, 15) is 8.78 Å². The maximum absolute atomic E-state index is 13.5. The molecular formula is C27H24F2N2O2. The second-order valence-electron chi connectivity index (χ2n) is 7.65. The van der Waals surface area contributed by atoms with Crippen molar-refractivity contribution in [1.29, 1.82) is 0 Å². The van der Waals surface area contributed by atoms with Crippen LogP contribution in [0, 0.1) is 18.6 Å². The number of methoxy groups -OCH3 is 1. The summed E-state index contributed by atoms with van der Waals surface area (Å²) in [4.78, 5) is 5.50. The van der Waals surface area contributed by atoms with E-state index in [1.54, 1.807) is 31.4 Å². The van der Waals surface area contributed by atoms with Gasteiger partial charge in [0.15, 0.2) is 0 Å². The van der Waals surface area contributed by atoms with Gasteiger partial charge in [-0.15, -0.1) is 0 Å². The van der Waals surface area contributed by atoms with Crippen molar-refractivity contribution in [3.8, 4) is 22.7 Å². The van der Waals surface area contributed by atoms with Crippen molar-refractivity contribution in [3.05, 3.63) is 107 Å². The molecule has 0 spiro atoms. The van der Waals surface area contributed by atoms with Crippen molar-refractivity contribution in [2.45, 2.75) is 20.5 Å². The van der Waals surface area contributed by atoms with E-state index >= 15 is 0 Å². The van der Waals surface area contributed by atoms with Crippen molar-refractivity contribution >= 4 is 5.71 Å². The van der Waals surface area contributed by atoms with Gasteiger partial charge in [0, 0.05) is 16.9 Å². The van der Waals surface area contributed by atoms with E-state index in [1.165, 1.54) is 24.3 Å². The van der Waals surface area contributed by atoms with Gasteiger partial charge in [0.05, 0.1) is 18.5 Å². The minimum absolute atomic E-state index is 0.165. The molecule has 3 aromatic carbocycles. The minimum Gasteiger partial charge on any atom is -0.497 e. The number of hydrogen-bond donors (Lipinski definition) is 0. The first-order chi connectivity index (χ1) is 16.0. The molecule has 4 nitrogen and oxygen atoms in total. The van der Waals surface area contributed by atoms with Gasteiger partial charge in [0.1, 0.15) is 24.0 Å². The zero-order chi connectivity index (χ0) is 23.4. The van der Waals surface area contributed by atoms with E-state index in [0.29, 0.717) is 11.3 Å². The van der Waals surface area contributed by atoms with E-state index in [1.807, 2.05) is 44.2 Å². The molecule has 4 aromatic rings. The predicted molar refractivity (Wildman–Crippen MR) is 126 cm³/mol. The van der Waals surface area contributed by atoms with Gasteiger partial charge < -0.3 is 14.1 Å². The SMILES string of the molecule is COc1ccc(-n2c(-c3ccc(F)cc3)cc(/C(C)=N/OCc3cccc(F)c3)c2C)cc1. The molecule has 0 amide bonds. The molecule has 0 fully saturated rings. The van der Waals surface area contributed by atoms with E-state index in [0.717, 1.165) is 34.0 Å². The fourth-order valence-corrected chi connectivity index (χ4v) is 3.75. The molecule has 0 unspecified atom stereocenters. The molecule has 0 N–H and O–H groups in total. The van der Waals surface area contributed by atoms with Gasteiger partial charge in [-0.05, 0) is 91.7 Å². The van der Waals surface area contributed by atoms with Crippen molar-refractivity contribution < 1.29 is 18.4 Å². The van der Waals surface area contributed by atoms with Crippen LogP contribution < -0.4 is 4.74 Å². The lowest BCUT2D eigenvalue weighted by molar-refractivity contribution is 0.130. The normalized spacial score (nSPS) is 11.5. The van der Waals surface area contributed by atoms with Gasteiger partial charge in [-0.1, -0.05) is 17.3 Å². The number of rotatable bonds is 7. The summed E-state index contributed by atoms with van der Waals surface area (Å²) in [7, 11) is 1.63. The standard InChI is InChI=1S/C27H24F2N2O2/c1-18(30-33-17-20-5-4-6-23(29)15-20)26-16-27(21-7-9-22(28)10-8-21)31(19(26)2)24-11-13-25(32-3)14-12-24/h4-16H,17H2,1-3H3/b30-18+. The number of ether oxygens (including phenoxy) is 1. The van der Waals surface area contributed by atoms with Gasteiger partial charge in [0.25, 0.3) is 0 Å². The average molecular weight is 446 g/mol. The van der Waals surface area contributed by atoms with Gasteiger partial charge in [0.2, 0.25) is 0 Å². The van der Waals surface area contributed by atoms with E-state index in [4.69, 9.17) is 9.57 Å².